The second-order valence-corrected chi connectivity index (χ2v) is 4.99. The van der Waals surface area contributed by atoms with Gasteiger partial charge in [0.15, 0.2) is 5.79 Å². The molecule has 1 saturated heterocycles. The van der Waals surface area contributed by atoms with Crippen molar-refractivity contribution in [2.45, 2.75) is 43.9 Å². The molecule has 0 bridgehead atoms. The van der Waals surface area contributed by atoms with E-state index in [4.69, 9.17) is 15.2 Å². The fraction of sp³-hybridized carbons (Fsp3) is 0.909. The van der Waals surface area contributed by atoms with Gasteiger partial charge in [-0.15, -0.1) is 0 Å². The lowest BCUT2D eigenvalue weighted by atomic mass is 9.80. The van der Waals surface area contributed by atoms with E-state index in [2.05, 4.69) is 6.92 Å². The molecule has 1 spiro atoms. The van der Waals surface area contributed by atoms with E-state index in [0.29, 0.717) is 18.8 Å². The number of rotatable bonds is 1. The highest BCUT2D eigenvalue weighted by Gasteiger charge is 2.44. The van der Waals surface area contributed by atoms with Crippen LogP contribution in [0.3, 0.4) is 0 Å². The maximum absolute atomic E-state index is 10.8. The molecule has 4 heteroatoms. The first-order chi connectivity index (χ1) is 7.08. The maximum Gasteiger partial charge on any atom is 0.168 e. The van der Waals surface area contributed by atoms with E-state index >= 15 is 0 Å². The Kier molecular flexibility index (Phi) is 2.83. The molecule has 0 aromatic rings. The smallest absolute Gasteiger partial charge is 0.168 e. The van der Waals surface area contributed by atoms with Crippen LogP contribution in [-0.4, -0.2) is 30.8 Å². The first-order valence-corrected chi connectivity index (χ1v) is 5.61. The first kappa shape index (κ1) is 11.0. The van der Waals surface area contributed by atoms with Crippen LogP contribution in [0.1, 0.15) is 32.6 Å². The molecule has 0 amide bonds. The SMILES string of the molecule is CC1COC2(CCC(N)(C=O)CC2)OC1. The summed E-state index contributed by atoms with van der Waals surface area (Å²) in [6.07, 6.45) is 3.64. The fourth-order valence-electron chi connectivity index (χ4n) is 2.18. The van der Waals surface area contributed by atoms with Crippen LogP contribution in [-0.2, 0) is 14.3 Å². The van der Waals surface area contributed by atoms with E-state index in [1.807, 2.05) is 0 Å². The van der Waals surface area contributed by atoms with Crippen molar-refractivity contribution >= 4 is 6.29 Å². The zero-order chi connectivity index (χ0) is 10.9. The zero-order valence-corrected chi connectivity index (χ0v) is 9.20. The Hall–Kier alpha value is -0.450. The number of aldehydes is 1. The molecule has 86 valence electrons. The summed E-state index contributed by atoms with van der Waals surface area (Å²) in [5.41, 5.74) is 5.24. The number of hydrogen-bond donors (Lipinski definition) is 1. The molecule has 1 aliphatic heterocycles. The van der Waals surface area contributed by atoms with Crippen LogP contribution < -0.4 is 5.73 Å². The van der Waals surface area contributed by atoms with Gasteiger partial charge in [-0.2, -0.15) is 0 Å². The summed E-state index contributed by atoms with van der Waals surface area (Å²) in [5.74, 6) is 0.0181. The number of hydrogen-bond acceptors (Lipinski definition) is 4. The molecule has 0 aromatic carbocycles. The van der Waals surface area contributed by atoms with E-state index in [1.165, 1.54) is 0 Å². The molecular formula is C11H19NO3. The number of nitrogens with two attached hydrogens (primary N) is 1. The van der Waals surface area contributed by atoms with Crippen molar-refractivity contribution in [3.05, 3.63) is 0 Å². The normalized spacial score (nSPS) is 46.7. The number of carbonyl (C=O) groups excluding carboxylic acids is 1. The minimum atomic E-state index is -0.652. The lowest BCUT2D eigenvalue weighted by Gasteiger charge is -2.45. The first-order valence-electron chi connectivity index (χ1n) is 5.61. The second-order valence-electron chi connectivity index (χ2n) is 4.99. The van der Waals surface area contributed by atoms with E-state index in [-0.39, 0.29) is 0 Å². The van der Waals surface area contributed by atoms with Gasteiger partial charge in [-0.05, 0) is 12.8 Å². The molecule has 2 fully saturated rings. The largest absolute Gasteiger partial charge is 0.350 e. The van der Waals surface area contributed by atoms with Gasteiger partial charge in [0, 0.05) is 18.8 Å². The molecule has 1 saturated carbocycles. The van der Waals surface area contributed by atoms with Crippen LogP contribution >= 0.6 is 0 Å². The van der Waals surface area contributed by atoms with Gasteiger partial charge in [0.05, 0.1) is 18.8 Å². The molecule has 0 atom stereocenters. The van der Waals surface area contributed by atoms with E-state index in [0.717, 1.165) is 32.3 Å². The quantitative estimate of drug-likeness (QED) is 0.655. The molecule has 1 heterocycles. The van der Waals surface area contributed by atoms with E-state index in [1.54, 1.807) is 0 Å². The van der Waals surface area contributed by atoms with Gasteiger partial charge in [0.1, 0.15) is 6.29 Å². The molecule has 4 nitrogen and oxygen atoms in total. The highest BCUT2D eigenvalue weighted by molar-refractivity contribution is 5.63. The number of carbonyl (C=O) groups is 1. The van der Waals surface area contributed by atoms with Crippen molar-refractivity contribution in [1.29, 1.82) is 0 Å². The lowest BCUT2D eigenvalue weighted by molar-refractivity contribution is -0.295. The zero-order valence-electron chi connectivity index (χ0n) is 9.20. The van der Waals surface area contributed by atoms with Crippen molar-refractivity contribution in [1.82, 2.24) is 0 Å². The summed E-state index contributed by atoms with van der Waals surface area (Å²) in [6, 6.07) is 0. The number of ether oxygens (including phenoxy) is 2. The predicted molar refractivity (Wildman–Crippen MR) is 55.2 cm³/mol. The van der Waals surface area contributed by atoms with Gasteiger partial charge in [-0.1, -0.05) is 6.92 Å². The molecule has 15 heavy (non-hydrogen) atoms. The molecule has 0 radical (unpaired) electrons. The average Bonchev–Trinajstić information content (AvgIpc) is 2.27. The highest BCUT2D eigenvalue weighted by atomic mass is 16.7. The third kappa shape index (κ3) is 2.22. The van der Waals surface area contributed by atoms with Crippen molar-refractivity contribution in [3.8, 4) is 0 Å². The topological polar surface area (TPSA) is 61.5 Å². The summed E-state index contributed by atoms with van der Waals surface area (Å²) in [7, 11) is 0. The van der Waals surface area contributed by atoms with Crippen molar-refractivity contribution in [3.63, 3.8) is 0 Å². The van der Waals surface area contributed by atoms with Crippen LogP contribution in [0.2, 0.25) is 0 Å². The third-order valence-corrected chi connectivity index (χ3v) is 3.44. The molecule has 2 rings (SSSR count). The Morgan fingerprint density at radius 3 is 2.20 bits per heavy atom. The molecular weight excluding hydrogens is 194 g/mol. The minimum absolute atomic E-state index is 0.446. The average molecular weight is 213 g/mol. The molecule has 2 aliphatic rings. The molecule has 2 N–H and O–H groups in total. The summed E-state index contributed by atoms with van der Waals surface area (Å²) < 4.78 is 11.5. The fourth-order valence-corrected chi connectivity index (χ4v) is 2.18. The summed E-state index contributed by atoms with van der Waals surface area (Å²) in [5, 5.41) is 0. The maximum atomic E-state index is 10.8. The second kappa shape index (κ2) is 3.85. The Labute approximate surface area is 90.1 Å². The van der Waals surface area contributed by atoms with Crippen molar-refractivity contribution in [2.24, 2.45) is 11.7 Å². The Morgan fingerprint density at radius 2 is 1.73 bits per heavy atom. The third-order valence-electron chi connectivity index (χ3n) is 3.44. The van der Waals surface area contributed by atoms with Crippen molar-refractivity contribution < 1.29 is 14.3 Å². The predicted octanol–water partition coefficient (Wildman–Crippen LogP) is 0.836. The lowest BCUT2D eigenvalue weighted by Crippen LogP contribution is -2.54. The van der Waals surface area contributed by atoms with Crippen LogP contribution in [0, 0.1) is 5.92 Å². The van der Waals surface area contributed by atoms with Gasteiger partial charge in [-0.3, -0.25) is 0 Å². The van der Waals surface area contributed by atoms with Crippen LogP contribution in [0.4, 0.5) is 0 Å². The highest BCUT2D eigenvalue weighted by Crippen LogP contribution is 2.38. The van der Waals surface area contributed by atoms with Crippen LogP contribution in [0.15, 0.2) is 0 Å². The van der Waals surface area contributed by atoms with Gasteiger partial charge < -0.3 is 20.0 Å². The van der Waals surface area contributed by atoms with Crippen LogP contribution in [0.5, 0.6) is 0 Å². The van der Waals surface area contributed by atoms with E-state index in [9.17, 15) is 4.79 Å². The van der Waals surface area contributed by atoms with Gasteiger partial charge in [-0.25, -0.2) is 0 Å². The standard InChI is InChI=1S/C11H19NO3/c1-9-6-14-11(15-7-9)4-2-10(12,8-13)3-5-11/h8-9H,2-7,12H2,1H3. The summed E-state index contributed by atoms with van der Waals surface area (Å²) >= 11 is 0. The summed E-state index contributed by atoms with van der Waals surface area (Å²) in [4.78, 5) is 10.8. The molecule has 1 aliphatic carbocycles. The van der Waals surface area contributed by atoms with Gasteiger partial charge in [0.25, 0.3) is 0 Å². The Bertz CT molecular complexity index is 236. The molecule has 0 aromatic heterocycles. The Balaban J connectivity index is 1.95. The van der Waals surface area contributed by atoms with Crippen LogP contribution in [0.25, 0.3) is 0 Å². The van der Waals surface area contributed by atoms with Gasteiger partial charge in [0.2, 0.25) is 0 Å². The summed E-state index contributed by atoms with van der Waals surface area (Å²) in [6.45, 7) is 3.60. The van der Waals surface area contributed by atoms with E-state index < -0.39 is 11.3 Å². The Morgan fingerprint density at radius 1 is 1.20 bits per heavy atom. The monoisotopic (exact) mass is 213 g/mol. The van der Waals surface area contributed by atoms with Gasteiger partial charge >= 0.3 is 0 Å². The van der Waals surface area contributed by atoms with Crippen molar-refractivity contribution in [2.75, 3.05) is 13.2 Å². The molecule has 0 unspecified atom stereocenters. The minimum Gasteiger partial charge on any atom is -0.350 e.